The van der Waals surface area contributed by atoms with E-state index in [0.29, 0.717) is 17.8 Å². The smallest absolute Gasteiger partial charge is 0.231 e. The Bertz CT molecular complexity index is 463. The van der Waals surface area contributed by atoms with Crippen molar-refractivity contribution >= 4 is 0 Å². The zero-order chi connectivity index (χ0) is 13.0. The quantitative estimate of drug-likeness (QED) is 0.824. The first-order chi connectivity index (χ1) is 8.72. The van der Waals surface area contributed by atoms with Crippen molar-refractivity contribution in [3.8, 4) is 11.5 Å². The first kappa shape index (κ1) is 12.8. The van der Waals surface area contributed by atoms with E-state index in [1.165, 1.54) is 0 Å². The van der Waals surface area contributed by atoms with Gasteiger partial charge in [0.2, 0.25) is 11.7 Å². The fraction of sp³-hybridized carbons (Fsp3) is 0.538. The number of aromatic nitrogens is 3. The molecule has 0 aliphatic heterocycles. The second-order valence-electron chi connectivity index (χ2n) is 4.57. The van der Waals surface area contributed by atoms with E-state index in [1.54, 1.807) is 0 Å². The molecule has 0 spiro atoms. The molecule has 0 saturated carbocycles. The summed E-state index contributed by atoms with van der Waals surface area (Å²) >= 11 is 0. The van der Waals surface area contributed by atoms with Gasteiger partial charge in [0.15, 0.2) is 0 Å². The van der Waals surface area contributed by atoms with Crippen molar-refractivity contribution in [2.75, 3.05) is 6.54 Å². The summed E-state index contributed by atoms with van der Waals surface area (Å²) in [5.74, 6) is 1.49. The molecule has 0 amide bonds. The molecule has 2 atom stereocenters. The summed E-state index contributed by atoms with van der Waals surface area (Å²) in [6.45, 7) is 7.39. The SMILES string of the molecule is CCCNC(C)C(C)c1nc(-c2ccc[nH]2)no1. The lowest BCUT2D eigenvalue weighted by atomic mass is 10.0. The molecule has 0 aliphatic carbocycles. The van der Waals surface area contributed by atoms with Crippen molar-refractivity contribution in [2.45, 2.75) is 39.2 Å². The Morgan fingerprint density at radius 3 is 2.94 bits per heavy atom. The Kier molecular flexibility index (Phi) is 4.15. The summed E-state index contributed by atoms with van der Waals surface area (Å²) in [5.41, 5.74) is 0.881. The van der Waals surface area contributed by atoms with Crippen molar-refractivity contribution < 1.29 is 4.52 Å². The number of nitrogens with zero attached hydrogens (tertiary/aromatic N) is 2. The summed E-state index contributed by atoms with van der Waals surface area (Å²) in [4.78, 5) is 7.50. The van der Waals surface area contributed by atoms with Gasteiger partial charge in [0.05, 0.1) is 11.6 Å². The predicted molar refractivity (Wildman–Crippen MR) is 70.3 cm³/mol. The average Bonchev–Trinajstić information content (AvgIpc) is 3.04. The van der Waals surface area contributed by atoms with Crippen LogP contribution in [0.1, 0.15) is 39.0 Å². The van der Waals surface area contributed by atoms with Gasteiger partial charge in [-0.1, -0.05) is 19.0 Å². The Morgan fingerprint density at radius 1 is 1.44 bits per heavy atom. The number of hydrogen-bond acceptors (Lipinski definition) is 4. The molecule has 5 heteroatoms. The highest BCUT2D eigenvalue weighted by Crippen LogP contribution is 2.20. The van der Waals surface area contributed by atoms with E-state index in [1.807, 2.05) is 18.3 Å². The van der Waals surface area contributed by atoms with E-state index in [4.69, 9.17) is 4.52 Å². The third kappa shape index (κ3) is 2.79. The molecule has 5 nitrogen and oxygen atoms in total. The molecule has 98 valence electrons. The molecule has 2 aromatic rings. The molecule has 2 rings (SSSR count). The fourth-order valence-electron chi connectivity index (χ4n) is 1.76. The lowest BCUT2D eigenvalue weighted by Gasteiger charge is -2.17. The van der Waals surface area contributed by atoms with Crippen LogP contribution in [0.3, 0.4) is 0 Å². The molecular weight excluding hydrogens is 228 g/mol. The third-order valence-corrected chi connectivity index (χ3v) is 3.14. The monoisotopic (exact) mass is 248 g/mol. The van der Waals surface area contributed by atoms with Crippen LogP contribution in [-0.4, -0.2) is 27.7 Å². The van der Waals surface area contributed by atoms with Gasteiger partial charge in [-0.25, -0.2) is 0 Å². The van der Waals surface area contributed by atoms with Crippen LogP contribution in [0.5, 0.6) is 0 Å². The van der Waals surface area contributed by atoms with E-state index in [9.17, 15) is 0 Å². The van der Waals surface area contributed by atoms with Crippen molar-refractivity contribution in [3.63, 3.8) is 0 Å². The Morgan fingerprint density at radius 2 is 2.28 bits per heavy atom. The molecule has 0 aliphatic rings. The van der Waals surface area contributed by atoms with Crippen LogP contribution >= 0.6 is 0 Å². The van der Waals surface area contributed by atoms with Crippen molar-refractivity contribution in [1.82, 2.24) is 20.4 Å². The number of H-pyrrole nitrogens is 1. The van der Waals surface area contributed by atoms with Crippen molar-refractivity contribution in [1.29, 1.82) is 0 Å². The summed E-state index contributed by atoms with van der Waals surface area (Å²) < 4.78 is 5.33. The predicted octanol–water partition coefficient (Wildman–Crippen LogP) is 2.56. The summed E-state index contributed by atoms with van der Waals surface area (Å²) in [5, 5.41) is 7.44. The summed E-state index contributed by atoms with van der Waals surface area (Å²) in [6, 6.07) is 4.17. The van der Waals surface area contributed by atoms with Crippen LogP contribution < -0.4 is 5.32 Å². The third-order valence-electron chi connectivity index (χ3n) is 3.14. The van der Waals surface area contributed by atoms with Gasteiger partial charge in [-0.3, -0.25) is 0 Å². The van der Waals surface area contributed by atoms with Crippen LogP contribution in [0.15, 0.2) is 22.9 Å². The zero-order valence-electron chi connectivity index (χ0n) is 11.1. The Hall–Kier alpha value is -1.62. The van der Waals surface area contributed by atoms with Crippen LogP contribution in [0.4, 0.5) is 0 Å². The fourth-order valence-corrected chi connectivity index (χ4v) is 1.76. The van der Waals surface area contributed by atoms with Crippen LogP contribution in [0.25, 0.3) is 11.5 Å². The van der Waals surface area contributed by atoms with Gasteiger partial charge in [-0.2, -0.15) is 4.98 Å². The van der Waals surface area contributed by atoms with E-state index in [0.717, 1.165) is 18.7 Å². The highest BCUT2D eigenvalue weighted by molar-refractivity contribution is 5.47. The highest BCUT2D eigenvalue weighted by atomic mass is 16.5. The maximum absolute atomic E-state index is 5.33. The summed E-state index contributed by atoms with van der Waals surface area (Å²) in [7, 11) is 0. The molecule has 0 fully saturated rings. The number of hydrogen-bond donors (Lipinski definition) is 2. The maximum Gasteiger partial charge on any atom is 0.231 e. The van der Waals surface area contributed by atoms with Crippen molar-refractivity contribution in [2.24, 2.45) is 0 Å². The molecule has 0 saturated heterocycles. The second kappa shape index (κ2) is 5.82. The minimum atomic E-state index is 0.202. The summed E-state index contributed by atoms with van der Waals surface area (Å²) in [6.07, 6.45) is 2.97. The molecule has 2 unspecified atom stereocenters. The first-order valence-electron chi connectivity index (χ1n) is 6.43. The van der Waals surface area contributed by atoms with Crippen LogP contribution in [-0.2, 0) is 0 Å². The molecular formula is C13H20N4O. The van der Waals surface area contributed by atoms with E-state index in [2.05, 4.69) is 41.2 Å². The topological polar surface area (TPSA) is 66.7 Å². The van der Waals surface area contributed by atoms with Gasteiger partial charge in [0.25, 0.3) is 0 Å². The maximum atomic E-state index is 5.33. The van der Waals surface area contributed by atoms with Gasteiger partial charge < -0.3 is 14.8 Å². The molecule has 0 bridgehead atoms. The number of rotatable bonds is 6. The molecule has 2 aromatic heterocycles. The van der Waals surface area contributed by atoms with Crippen LogP contribution in [0, 0.1) is 0 Å². The van der Waals surface area contributed by atoms with Crippen molar-refractivity contribution in [3.05, 3.63) is 24.2 Å². The Labute approximate surface area is 107 Å². The van der Waals surface area contributed by atoms with Gasteiger partial charge in [0.1, 0.15) is 0 Å². The molecule has 0 radical (unpaired) electrons. The minimum absolute atomic E-state index is 0.202. The first-order valence-corrected chi connectivity index (χ1v) is 6.43. The standard InChI is InChI=1S/C13H20N4O/c1-4-7-14-10(3)9(2)13-16-12(17-18-13)11-6-5-8-15-11/h5-6,8-10,14-15H,4,7H2,1-3H3. The van der Waals surface area contributed by atoms with Gasteiger partial charge in [0, 0.05) is 12.2 Å². The van der Waals surface area contributed by atoms with E-state index < -0.39 is 0 Å². The highest BCUT2D eigenvalue weighted by Gasteiger charge is 2.20. The van der Waals surface area contributed by atoms with Gasteiger partial charge in [-0.15, -0.1) is 0 Å². The number of nitrogens with one attached hydrogen (secondary N) is 2. The number of aromatic amines is 1. The molecule has 0 aromatic carbocycles. The van der Waals surface area contributed by atoms with Gasteiger partial charge in [-0.05, 0) is 32.0 Å². The lowest BCUT2D eigenvalue weighted by molar-refractivity contribution is 0.331. The Balaban J connectivity index is 2.05. The normalized spacial score (nSPS) is 14.6. The van der Waals surface area contributed by atoms with E-state index in [-0.39, 0.29) is 5.92 Å². The zero-order valence-corrected chi connectivity index (χ0v) is 11.1. The lowest BCUT2D eigenvalue weighted by Crippen LogP contribution is -2.31. The second-order valence-corrected chi connectivity index (χ2v) is 4.57. The molecule has 2 N–H and O–H groups in total. The van der Waals surface area contributed by atoms with E-state index >= 15 is 0 Å². The average molecular weight is 248 g/mol. The van der Waals surface area contributed by atoms with Crippen LogP contribution in [0.2, 0.25) is 0 Å². The largest absolute Gasteiger partial charge is 0.359 e. The molecule has 18 heavy (non-hydrogen) atoms. The minimum Gasteiger partial charge on any atom is -0.359 e. The molecule has 2 heterocycles. The van der Waals surface area contributed by atoms with Gasteiger partial charge >= 0.3 is 0 Å².